The van der Waals surface area contributed by atoms with Crippen LogP contribution in [-0.2, 0) is 26.2 Å². The number of rotatable bonds is 2. The van der Waals surface area contributed by atoms with E-state index >= 15 is 0 Å². The zero-order valence-electron chi connectivity index (χ0n) is 23.9. The minimum Gasteiger partial charge on any atom is -1.00 e. The van der Waals surface area contributed by atoms with Gasteiger partial charge >= 0.3 is 26.2 Å². The van der Waals surface area contributed by atoms with Crippen LogP contribution in [0.25, 0.3) is 11.1 Å². The van der Waals surface area contributed by atoms with Crippen molar-refractivity contribution in [3.05, 3.63) is 128 Å². The van der Waals surface area contributed by atoms with E-state index < -0.39 is 0 Å². The second kappa shape index (κ2) is 12.9. The first-order valence-corrected chi connectivity index (χ1v) is 12.7. The Kier molecular flexibility index (Phi) is 10.9. The Labute approximate surface area is 265 Å². The van der Waals surface area contributed by atoms with Gasteiger partial charge in [-0.25, -0.2) is 0 Å². The number of hydrogen-bond donors (Lipinski definition) is 0. The van der Waals surface area contributed by atoms with Crippen molar-refractivity contribution in [3.63, 3.8) is 0 Å². The predicted octanol–water partition coefficient (Wildman–Crippen LogP) is 2.76. The Morgan fingerprint density at radius 1 is 0.410 bits per heavy atom. The zero-order chi connectivity index (χ0) is 25.7. The molecule has 2 aliphatic heterocycles. The van der Waals surface area contributed by atoms with Gasteiger partial charge in [0.25, 0.3) is 0 Å². The number of allylic oxidation sites excluding steroid dienone is 8. The number of hydrogen-bond acceptors (Lipinski definition) is 2. The van der Waals surface area contributed by atoms with Crippen molar-refractivity contribution in [2.45, 2.75) is 55.4 Å². The van der Waals surface area contributed by atoms with E-state index in [1.165, 1.54) is 66.8 Å². The van der Waals surface area contributed by atoms with Gasteiger partial charge in [0.15, 0.2) is 0 Å². The molecule has 0 bridgehead atoms. The van der Waals surface area contributed by atoms with Gasteiger partial charge in [-0.1, -0.05) is 58.7 Å². The number of nitrogens with zero attached hydrogens (tertiary/aromatic N) is 2. The van der Waals surface area contributed by atoms with Gasteiger partial charge in [-0.15, -0.1) is 0 Å². The van der Waals surface area contributed by atoms with E-state index in [2.05, 4.69) is 126 Å². The summed E-state index contributed by atoms with van der Waals surface area (Å²) in [5, 5.41) is 0. The van der Waals surface area contributed by atoms with Crippen LogP contribution in [0.15, 0.2) is 104 Å². The van der Waals surface area contributed by atoms with Crippen molar-refractivity contribution in [3.8, 4) is 0 Å². The largest absolute Gasteiger partial charge is 2.00 e. The van der Waals surface area contributed by atoms with Crippen LogP contribution in [0.5, 0.6) is 0 Å². The molecular formula is C34H34Cl2N2Zr. The van der Waals surface area contributed by atoms with Gasteiger partial charge < -0.3 is 24.8 Å². The van der Waals surface area contributed by atoms with Crippen LogP contribution in [0.1, 0.15) is 61.1 Å². The molecule has 2 aromatic carbocycles. The molecule has 4 aliphatic rings. The van der Waals surface area contributed by atoms with Gasteiger partial charge in [0.05, 0.1) is 11.4 Å². The fourth-order valence-corrected chi connectivity index (χ4v) is 5.57. The standard InChI is InChI=1S/2C17H17N.2ClH.Zr/c2*1-10-5-11(2)7-14(6-10)15-8-12(3)17-16(15)9-13(4)18-17;;;/h2*5-9H,1-4H3;2*1H;/q;;;;+2/p-2. The number of aryl methyl sites for hydroxylation is 4. The van der Waals surface area contributed by atoms with Crippen molar-refractivity contribution in [1.82, 2.24) is 0 Å². The normalized spacial score (nSPS) is 16.3. The predicted molar refractivity (Wildman–Crippen MR) is 156 cm³/mol. The monoisotopic (exact) mass is 630 g/mol. The summed E-state index contributed by atoms with van der Waals surface area (Å²) in [5.74, 6) is 0. The minimum absolute atomic E-state index is 0. The average Bonchev–Trinajstić information content (AvgIpc) is 3.50. The molecule has 6 rings (SSSR count). The summed E-state index contributed by atoms with van der Waals surface area (Å²) in [5.41, 5.74) is 20.1. The van der Waals surface area contributed by atoms with E-state index in [0.717, 1.165) is 22.8 Å². The van der Waals surface area contributed by atoms with Crippen molar-refractivity contribution < 1.29 is 51.0 Å². The molecule has 0 spiro atoms. The molecule has 5 heteroatoms. The molecule has 0 amide bonds. The molecule has 2 aromatic rings. The Hall–Kier alpha value is -2.32. The molecule has 2 aliphatic carbocycles. The Morgan fingerprint density at radius 2 is 0.718 bits per heavy atom. The third-order valence-corrected chi connectivity index (χ3v) is 6.91. The van der Waals surface area contributed by atoms with Gasteiger partial charge in [-0.3, -0.25) is 9.98 Å². The van der Waals surface area contributed by atoms with Crippen LogP contribution in [-0.4, -0.2) is 11.4 Å². The summed E-state index contributed by atoms with van der Waals surface area (Å²) in [4.78, 5) is 9.21. The van der Waals surface area contributed by atoms with Gasteiger partial charge in [0.1, 0.15) is 0 Å². The third kappa shape index (κ3) is 6.71. The Morgan fingerprint density at radius 3 is 1.03 bits per heavy atom. The molecule has 2 heterocycles. The van der Waals surface area contributed by atoms with E-state index in [1.807, 2.05) is 0 Å². The third-order valence-electron chi connectivity index (χ3n) is 6.91. The number of benzene rings is 2. The molecule has 0 aromatic heterocycles. The molecular weight excluding hydrogens is 599 g/mol. The summed E-state index contributed by atoms with van der Waals surface area (Å²) < 4.78 is 0. The molecule has 0 radical (unpaired) electrons. The minimum atomic E-state index is 0. The first kappa shape index (κ1) is 32.9. The molecule has 2 nitrogen and oxygen atoms in total. The topological polar surface area (TPSA) is 24.7 Å². The number of fused-ring (bicyclic) bond motifs is 2. The maximum Gasteiger partial charge on any atom is 2.00 e. The van der Waals surface area contributed by atoms with Crippen LogP contribution in [0.2, 0.25) is 0 Å². The van der Waals surface area contributed by atoms with E-state index in [4.69, 9.17) is 0 Å². The fraction of sp³-hybridized carbons (Fsp3) is 0.235. The number of halogens is 2. The fourth-order valence-electron chi connectivity index (χ4n) is 5.57. The SMILES string of the molecule is CC1=NC2=C(C)C=C(c3cc(C)cc(C)c3)C2=C1.CC1=NC2=C(C)C=C(c3cc(C)cc(C)c3)C2=C1.[Cl-].[Cl-].[Zr+2]. The molecule has 0 unspecified atom stereocenters. The van der Waals surface area contributed by atoms with Crippen LogP contribution in [0.4, 0.5) is 0 Å². The molecule has 39 heavy (non-hydrogen) atoms. The van der Waals surface area contributed by atoms with Crippen molar-refractivity contribution in [2.75, 3.05) is 0 Å². The second-order valence-electron chi connectivity index (χ2n) is 10.6. The molecule has 0 N–H and O–H groups in total. The maximum atomic E-state index is 4.60. The van der Waals surface area contributed by atoms with Crippen molar-refractivity contribution >= 4 is 22.6 Å². The summed E-state index contributed by atoms with van der Waals surface area (Å²) in [6.45, 7) is 17.0. The van der Waals surface area contributed by atoms with E-state index in [1.54, 1.807) is 0 Å². The first-order chi connectivity index (χ1) is 17.1. The van der Waals surface area contributed by atoms with Gasteiger partial charge in [0, 0.05) is 22.6 Å². The second-order valence-corrected chi connectivity index (χ2v) is 10.6. The summed E-state index contributed by atoms with van der Waals surface area (Å²) in [6, 6.07) is 13.4. The summed E-state index contributed by atoms with van der Waals surface area (Å²) in [7, 11) is 0. The van der Waals surface area contributed by atoms with Gasteiger partial charge in [-0.05, 0) is 113 Å². The molecule has 0 atom stereocenters. The Balaban J connectivity index is 0.000000254. The van der Waals surface area contributed by atoms with Crippen LogP contribution in [0.3, 0.4) is 0 Å². The molecule has 0 fully saturated rings. The van der Waals surface area contributed by atoms with E-state index in [0.29, 0.717) is 0 Å². The van der Waals surface area contributed by atoms with Crippen LogP contribution in [0, 0.1) is 27.7 Å². The van der Waals surface area contributed by atoms with Gasteiger partial charge in [0.2, 0.25) is 0 Å². The van der Waals surface area contributed by atoms with Crippen molar-refractivity contribution in [1.29, 1.82) is 0 Å². The van der Waals surface area contributed by atoms with E-state index in [9.17, 15) is 0 Å². The Bertz CT molecular complexity index is 1430. The quantitative estimate of drug-likeness (QED) is 0.487. The molecule has 0 saturated carbocycles. The first-order valence-electron chi connectivity index (χ1n) is 12.7. The van der Waals surface area contributed by atoms with Crippen LogP contribution < -0.4 is 24.8 Å². The summed E-state index contributed by atoms with van der Waals surface area (Å²) >= 11 is 0. The average molecular weight is 633 g/mol. The van der Waals surface area contributed by atoms with Crippen molar-refractivity contribution in [2.24, 2.45) is 9.98 Å². The summed E-state index contributed by atoms with van der Waals surface area (Å²) in [6.07, 6.45) is 8.89. The van der Waals surface area contributed by atoms with Gasteiger partial charge in [-0.2, -0.15) is 0 Å². The zero-order valence-corrected chi connectivity index (χ0v) is 27.9. The smallest absolute Gasteiger partial charge is 1.00 e. The van der Waals surface area contributed by atoms with Crippen LogP contribution >= 0.6 is 0 Å². The molecule has 198 valence electrons. The van der Waals surface area contributed by atoms with E-state index in [-0.39, 0.29) is 51.0 Å². The molecule has 0 saturated heterocycles. The number of aliphatic imine (C=N–C) groups is 2. The maximum absolute atomic E-state index is 4.60.